The van der Waals surface area contributed by atoms with Crippen LogP contribution in [0.5, 0.6) is 5.75 Å². The number of benzene rings is 2. The van der Waals surface area contributed by atoms with Gasteiger partial charge in [-0.2, -0.15) is 13.2 Å². The molecule has 2 aromatic rings. The minimum absolute atomic E-state index is 0.0595. The lowest BCUT2D eigenvalue weighted by molar-refractivity contribution is -0.137. The van der Waals surface area contributed by atoms with Crippen LogP contribution in [0.15, 0.2) is 48.5 Å². The summed E-state index contributed by atoms with van der Waals surface area (Å²) in [6.07, 6.45) is -1.81. The van der Waals surface area contributed by atoms with Crippen LogP contribution in [0.25, 0.3) is 0 Å². The third-order valence-electron chi connectivity index (χ3n) is 6.83. The zero-order chi connectivity index (χ0) is 23.6. The van der Waals surface area contributed by atoms with E-state index < -0.39 is 11.7 Å². The molecule has 1 spiro atoms. The molecule has 8 heteroatoms. The second-order valence-corrected chi connectivity index (χ2v) is 8.94. The Balaban J connectivity index is 1.25. The van der Waals surface area contributed by atoms with Crippen molar-refractivity contribution >= 4 is 11.8 Å². The molecule has 176 valence electrons. The van der Waals surface area contributed by atoms with E-state index >= 15 is 0 Å². The van der Waals surface area contributed by atoms with Crippen molar-refractivity contribution in [2.24, 2.45) is 11.3 Å². The van der Waals surface area contributed by atoms with E-state index in [2.05, 4.69) is 5.32 Å². The van der Waals surface area contributed by atoms with E-state index in [-0.39, 0.29) is 29.7 Å². The van der Waals surface area contributed by atoms with E-state index in [1.165, 1.54) is 6.07 Å². The lowest BCUT2D eigenvalue weighted by Gasteiger charge is -2.33. The molecule has 2 fully saturated rings. The topological polar surface area (TPSA) is 58.6 Å². The average Bonchev–Trinajstić information content (AvgIpc) is 3.50. The van der Waals surface area contributed by atoms with Crippen molar-refractivity contribution in [2.75, 3.05) is 20.2 Å². The van der Waals surface area contributed by atoms with Gasteiger partial charge in [0, 0.05) is 25.6 Å². The predicted octanol–water partition coefficient (Wildman–Crippen LogP) is 4.20. The number of hydrogen-bond donors (Lipinski definition) is 1. The van der Waals surface area contributed by atoms with E-state index in [0.29, 0.717) is 25.1 Å². The molecular formula is C25H27F3N2O3. The van der Waals surface area contributed by atoms with Crippen molar-refractivity contribution in [1.29, 1.82) is 0 Å². The molecule has 1 N–H and O–H groups in total. The number of alkyl halides is 3. The minimum Gasteiger partial charge on any atom is -0.497 e. The molecule has 0 bridgehead atoms. The monoisotopic (exact) mass is 460 g/mol. The number of ether oxygens (including phenoxy) is 1. The SMILES string of the molecule is COc1cccc(CC(=O)N2CCC3(CC2)CC3C(=O)NCc2cccc(C(F)(F)F)c2)c1. The van der Waals surface area contributed by atoms with Crippen molar-refractivity contribution in [3.63, 3.8) is 0 Å². The Morgan fingerprint density at radius 1 is 1.09 bits per heavy atom. The van der Waals surface area contributed by atoms with Crippen LogP contribution in [0.4, 0.5) is 13.2 Å². The van der Waals surface area contributed by atoms with Gasteiger partial charge >= 0.3 is 6.18 Å². The fraction of sp³-hybridized carbons (Fsp3) is 0.440. The predicted molar refractivity (Wildman–Crippen MR) is 116 cm³/mol. The summed E-state index contributed by atoms with van der Waals surface area (Å²) in [7, 11) is 1.59. The number of rotatable bonds is 6. The van der Waals surface area contributed by atoms with Gasteiger partial charge in [-0.05, 0) is 60.1 Å². The second kappa shape index (κ2) is 9.08. The molecular weight excluding hydrogens is 433 g/mol. The summed E-state index contributed by atoms with van der Waals surface area (Å²) < 4.78 is 43.8. The standard InChI is InChI=1S/C25H27F3N2O3/c1-33-20-7-3-4-17(13-20)14-22(31)30-10-8-24(9-11-30)15-21(24)23(32)29-16-18-5-2-6-19(12-18)25(26,27)28/h2-7,12-13,21H,8-11,14-16H2,1H3,(H,29,32). The molecule has 1 atom stereocenters. The van der Waals surface area contributed by atoms with Crippen molar-refractivity contribution in [3.8, 4) is 5.75 Å². The number of carbonyl (C=O) groups is 2. The maximum Gasteiger partial charge on any atom is 0.416 e. The Bertz CT molecular complexity index is 1030. The molecule has 5 nitrogen and oxygen atoms in total. The number of nitrogens with zero attached hydrogens (tertiary/aromatic N) is 1. The molecule has 1 aliphatic heterocycles. The smallest absolute Gasteiger partial charge is 0.416 e. The van der Waals surface area contributed by atoms with Crippen LogP contribution in [0, 0.1) is 11.3 Å². The van der Waals surface area contributed by atoms with Gasteiger partial charge < -0.3 is 15.0 Å². The summed E-state index contributed by atoms with van der Waals surface area (Å²) in [4.78, 5) is 27.2. The fourth-order valence-corrected chi connectivity index (χ4v) is 4.71. The lowest BCUT2D eigenvalue weighted by Crippen LogP contribution is -2.41. The van der Waals surface area contributed by atoms with Crippen molar-refractivity contribution in [1.82, 2.24) is 10.2 Å². The number of amides is 2. The molecule has 0 radical (unpaired) electrons. The molecule has 1 saturated carbocycles. The minimum atomic E-state index is -4.40. The van der Waals surface area contributed by atoms with Crippen molar-refractivity contribution < 1.29 is 27.5 Å². The summed E-state index contributed by atoms with van der Waals surface area (Å²) >= 11 is 0. The number of likely N-dealkylation sites (tertiary alicyclic amines) is 1. The number of piperidine rings is 1. The van der Waals surface area contributed by atoms with Crippen LogP contribution in [-0.2, 0) is 28.7 Å². The highest BCUT2D eigenvalue weighted by Crippen LogP contribution is 2.59. The first-order valence-corrected chi connectivity index (χ1v) is 11.0. The Morgan fingerprint density at radius 3 is 2.48 bits per heavy atom. The molecule has 0 aromatic heterocycles. The second-order valence-electron chi connectivity index (χ2n) is 8.94. The Morgan fingerprint density at radius 2 is 1.79 bits per heavy atom. The third-order valence-corrected chi connectivity index (χ3v) is 6.83. The van der Waals surface area contributed by atoms with E-state index in [4.69, 9.17) is 4.74 Å². The van der Waals surface area contributed by atoms with Gasteiger partial charge in [0.1, 0.15) is 5.75 Å². The van der Waals surface area contributed by atoms with E-state index in [0.717, 1.165) is 42.7 Å². The van der Waals surface area contributed by atoms with Crippen molar-refractivity contribution in [2.45, 2.75) is 38.4 Å². The fourth-order valence-electron chi connectivity index (χ4n) is 4.71. The van der Waals surface area contributed by atoms with Crippen LogP contribution in [0.3, 0.4) is 0 Å². The van der Waals surface area contributed by atoms with Gasteiger partial charge in [0.05, 0.1) is 19.1 Å². The zero-order valence-corrected chi connectivity index (χ0v) is 18.5. The number of hydrogen-bond acceptors (Lipinski definition) is 3. The number of halogens is 3. The molecule has 1 saturated heterocycles. The highest BCUT2D eigenvalue weighted by Gasteiger charge is 2.58. The van der Waals surface area contributed by atoms with E-state index in [1.807, 2.05) is 29.2 Å². The van der Waals surface area contributed by atoms with Gasteiger partial charge in [0.15, 0.2) is 0 Å². The highest BCUT2D eigenvalue weighted by atomic mass is 19.4. The molecule has 1 heterocycles. The molecule has 33 heavy (non-hydrogen) atoms. The lowest BCUT2D eigenvalue weighted by atomic mass is 9.90. The summed E-state index contributed by atoms with van der Waals surface area (Å²) in [5.41, 5.74) is 0.511. The summed E-state index contributed by atoms with van der Waals surface area (Å²) in [6, 6.07) is 12.5. The van der Waals surface area contributed by atoms with Crippen LogP contribution in [0.1, 0.15) is 36.0 Å². The number of carbonyl (C=O) groups excluding carboxylic acids is 2. The maximum absolute atomic E-state index is 12.9. The molecule has 4 rings (SSSR count). The summed E-state index contributed by atoms with van der Waals surface area (Å²) in [5, 5.41) is 2.79. The van der Waals surface area contributed by atoms with E-state index in [9.17, 15) is 22.8 Å². The number of nitrogens with one attached hydrogen (secondary N) is 1. The Hall–Kier alpha value is -3.03. The first-order valence-electron chi connectivity index (χ1n) is 11.0. The third kappa shape index (κ3) is 5.31. The largest absolute Gasteiger partial charge is 0.497 e. The van der Waals surface area contributed by atoms with Gasteiger partial charge in [-0.1, -0.05) is 24.3 Å². The van der Waals surface area contributed by atoms with Gasteiger partial charge in [0.2, 0.25) is 11.8 Å². The van der Waals surface area contributed by atoms with Crippen LogP contribution in [-0.4, -0.2) is 36.9 Å². The summed E-state index contributed by atoms with van der Waals surface area (Å²) in [6.45, 7) is 1.29. The van der Waals surface area contributed by atoms with Crippen molar-refractivity contribution in [3.05, 3.63) is 65.2 Å². The normalized spacial score (nSPS) is 19.3. The molecule has 1 unspecified atom stereocenters. The van der Waals surface area contributed by atoms with Crippen LogP contribution in [0.2, 0.25) is 0 Å². The molecule has 2 aromatic carbocycles. The van der Waals surface area contributed by atoms with Gasteiger partial charge in [-0.15, -0.1) is 0 Å². The van der Waals surface area contributed by atoms with Gasteiger partial charge in [0.25, 0.3) is 0 Å². The van der Waals surface area contributed by atoms with E-state index in [1.54, 1.807) is 13.2 Å². The number of methoxy groups -OCH3 is 1. The molecule has 2 aliphatic rings. The first-order chi connectivity index (χ1) is 15.7. The van der Waals surface area contributed by atoms with Crippen LogP contribution < -0.4 is 10.1 Å². The van der Waals surface area contributed by atoms with Gasteiger partial charge in [-0.25, -0.2) is 0 Å². The molecule has 2 amide bonds. The Labute approximate surface area is 190 Å². The highest BCUT2D eigenvalue weighted by molar-refractivity contribution is 5.83. The first kappa shape index (κ1) is 23.1. The zero-order valence-electron chi connectivity index (χ0n) is 18.5. The summed E-state index contributed by atoms with van der Waals surface area (Å²) in [5.74, 6) is 0.515. The van der Waals surface area contributed by atoms with Crippen LogP contribution >= 0.6 is 0 Å². The quantitative estimate of drug-likeness (QED) is 0.703. The maximum atomic E-state index is 12.9. The average molecular weight is 460 g/mol. The Kier molecular flexibility index (Phi) is 6.36. The van der Waals surface area contributed by atoms with Gasteiger partial charge in [-0.3, -0.25) is 9.59 Å². The molecule has 1 aliphatic carbocycles.